The molecule has 1 aliphatic rings. The summed E-state index contributed by atoms with van der Waals surface area (Å²) in [5.74, 6) is 2.15. The van der Waals surface area contributed by atoms with Crippen molar-refractivity contribution in [1.82, 2.24) is 34.2 Å². The molecular weight excluding hydrogens is 342 g/mol. The largest absolute Gasteiger partial charge is 0.338 e. The SMILES string of the molecule is CN(C)Cc1nnc(C2CCCN(C(=O)c3cnn4ccccc34)C2)n1C. The molecule has 8 heteroatoms. The van der Waals surface area contributed by atoms with Gasteiger partial charge in [-0.15, -0.1) is 10.2 Å². The maximum absolute atomic E-state index is 13.1. The van der Waals surface area contributed by atoms with E-state index < -0.39 is 0 Å². The number of hydrogen-bond donors (Lipinski definition) is 0. The lowest BCUT2D eigenvalue weighted by Gasteiger charge is -2.32. The van der Waals surface area contributed by atoms with Gasteiger partial charge in [0, 0.05) is 32.3 Å². The van der Waals surface area contributed by atoms with Gasteiger partial charge in [-0.3, -0.25) is 4.79 Å². The molecule has 1 atom stereocenters. The van der Waals surface area contributed by atoms with Crippen LogP contribution >= 0.6 is 0 Å². The van der Waals surface area contributed by atoms with Crippen molar-refractivity contribution in [3.05, 3.63) is 47.8 Å². The Hall–Kier alpha value is -2.74. The van der Waals surface area contributed by atoms with Crippen LogP contribution in [0.4, 0.5) is 0 Å². The van der Waals surface area contributed by atoms with E-state index in [-0.39, 0.29) is 11.8 Å². The summed E-state index contributed by atoms with van der Waals surface area (Å²) < 4.78 is 3.82. The Labute approximate surface area is 158 Å². The number of carbonyl (C=O) groups is 1. The van der Waals surface area contributed by atoms with Crippen LogP contribution in [0.2, 0.25) is 0 Å². The summed E-state index contributed by atoms with van der Waals surface area (Å²) in [4.78, 5) is 17.1. The normalized spacial score (nSPS) is 17.8. The van der Waals surface area contributed by atoms with E-state index in [1.54, 1.807) is 10.7 Å². The number of rotatable bonds is 4. The van der Waals surface area contributed by atoms with Gasteiger partial charge in [-0.25, -0.2) is 4.52 Å². The van der Waals surface area contributed by atoms with E-state index in [4.69, 9.17) is 0 Å². The zero-order valence-corrected chi connectivity index (χ0v) is 16.0. The Bertz CT molecular complexity index is 958. The minimum Gasteiger partial charge on any atom is -0.338 e. The third-order valence-electron chi connectivity index (χ3n) is 5.19. The molecule has 4 rings (SSSR count). The molecule has 0 radical (unpaired) electrons. The molecule has 8 nitrogen and oxygen atoms in total. The average Bonchev–Trinajstić information content (AvgIpc) is 3.25. The maximum Gasteiger partial charge on any atom is 0.257 e. The van der Waals surface area contributed by atoms with Crippen LogP contribution in [0.15, 0.2) is 30.6 Å². The van der Waals surface area contributed by atoms with E-state index in [2.05, 4.69) is 24.8 Å². The number of likely N-dealkylation sites (tertiary alicyclic amines) is 1. The number of hydrogen-bond acceptors (Lipinski definition) is 5. The number of amides is 1. The van der Waals surface area contributed by atoms with Gasteiger partial charge in [0.15, 0.2) is 0 Å². The Kier molecular flexibility index (Phi) is 4.65. The van der Waals surface area contributed by atoms with Crippen molar-refractivity contribution < 1.29 is 4.79 Å². The molecule has 1 unspecified atom stereocenters. The molecule has 3 aromatic rings. The van der Waals surface area contributed by atoms with Gasteiger partial charge >= 0.3 is 0 Å². The second-order valence-electron chi connectivity index (χ2n) is 7.45. The predicted octanol–water partition coefficient (Wildman–Crippen LogP) is 1.54. The lowest BCUT2D eigenvalue weighted by Crippen LogP contribution is -2.39. The molecule has 0 saturated carbocycles. The highest BCUT2D eigenvalue weighted by Gasteiger charge is 2.30. The number of carbonyl (C=O) groups excluding carboxylic acids is 1. The third-order valence-corrected chi connectivity index (χ3v) is 5.19. The van der Waals surface area contributed by atoms with Crippen molar-refractivity contribution in [1.29, 1.82) is 0 Å². The van der Waals surface area contributed by atoms with Gasteiger partial charge < -0.3 is 14.4 Å². The monoisotopic (exact) mass is 367 g/mol. The highest BCUT2D eigenvalue weighted by Crippen LogP contribution is 2.27. The zero-order valence-electron chi connectivity index (χ0n) is 16.0. The van der Waals surface area contributed by atoms with Crippen LogP contribution in [0, 0.1) is 0 Å². The summed E-state index contributed by atoms with van der Waals surface area (Å²) in [6, 6.07) is 5.76. The second kappa shape index (κ2) is 7.11. The van der Waals surface area contributed by atoms with Crippen LogP contribution in [-0.2, 0) is 13.6 Å². The number of pyridine rings is 1. The van der Waals surface area contributed by atoms with Crippen LogP contribution in [0.1, 0.15) is 40.8 Å². The first-order chi connectivity index (χ1) is 13.0. The van der Waals surface area contributed by atoms with Crippen molar-refractivity contribution in [3.8, 4) is 0 Å². The molecular formula is C19H25N7O. The average molecular weight is 367 g/mol. The molecule has 1 amide bonds. The molecule has 0 bridgehead atoms. The molecule has 1 aliphatic heterocycles. The fraction of sp³-hybridized carbons (Fsp3) is 0.474. The molecule has 0 aromatic carbocycles. The molecule has 1 saturated heterocycles. The molecule has 3 aromatic heterocycles. The lowest BCUT2D eigenvalue weighted by molar-refractivity contribution is 0.0705. The van der Waals surface area contributed by atoms with Gasteiger partial charge in [0.05, 0.1) is 23.8 Å². The van der Waals surface area contributed by atoms with Crippen molar-refractivity contribution >= 4 is 11.4 Å². The Morgan fingerprint density at radius 1 is 1.30 bits per heavy atom. The van der Waals surface area contributed by atoms with Crippen molar-refractivity contribution in [2.45, 2.75) is 25.3 Å². The summed E-state index contributed by atoms with van der Waals surface area (Å²) in [5.41, 5.74) is 1.50. The zero-order chi connectivity index (χ0) is 19.0. The maximum atomic E-state index is 13.1. The molecule has 27 heavy (non-hydrogen) atoms. The molecule has 4 heterocycles. The molecule has 0 N–H and O–H groups in total. The van der Waals surface area contributed by atoms with E-state index in [0.29, 0.717) is 12.1 Å². The summed E-state index contributed by atoms with van der Waals surface area (Å²) in [6.07, 6.45) is 5.51. The highest BCUT2D eigenvalue weighted by atomic mass is 16.2. The van der Waals surface area contributed by atoms with Crippen LogP contribution in [0.3, 0.4) is 0 Å². The Balaban J connectivity index is 1.55. The lowest BCUT2D eigenvalue weighted by atomic mass is 9.96. The number of fused-ring (bicyclic) bond motifs is 1. The van der Waals surface area contributed by atoms with Crippen LogP contribution in [-0.4, -0.2) is 67.3 Å². The summed E-state index contributed by atoms with van der Waals surface area (Å²) in [6.45, 7) is 2.18. The molecule has 0 spiro atoms. The van der Waals surface area contributed by atoms with E-state index in [0.717, 1.165) is 43.1 Å². The van der Waals surface area contributed by atoms with Crippen LogP contribution < -0.4 is 0 Å². The summed E-state index contributed by atoms with van der Waals surface area (Å²) >= 11 is 0. The second-order valence-corrected chi connectivity index (χ2v) is 7.45. The summed E-state index contributed by atoms with van der Waals surface area (Å²) in [5, 5.41) is 13.1. The number of aromatic nitrogens is 5. The highest BCUT2D eigenvalue weighted by molar-refractivity contribution is 6.00. The topological polar surface area (TPSA) is 71.6 Å². The van der Waals surface area contributed by atoms with Gasteiger partial charge in [0.1, 0.15) is 11.6 Å². The smallest absolute Gasteiger partial charge is 0.257 e. The van der Waals surface area contributed by atoms with Crippen molar-refractivity contribution in [2.24, 2.45) is 7.05 Å². The van der Waals surface area contributed by atoms with E-state index >= 15 is 0 Å². The minimum absolute atomic E-state index is 0.0385. The predicted molar refractivity (Wildman–Crippen MR) is 101 cm³/mol. The van der Waals surface area contributed by atoms with Crippen LogP contribution in [0.25, 0.3) is 5.52 Å². The van der Waals surface area contributed by atoms with Gasteiger partial charge in [-0.1, -0.05) is 6.07 Å². The van der Waals surface area contributed by atoms with Gasteiger partial charge in [-0.2, -0.15) is 5.10 Å². The number of nitrogens with zero attached hydrogens (tertiary/aromatic N) is 7. The Morgan fingerprint density at radius 2 is 2.15 bits per heavy atom. The number of piperidine rings is 1. The minimum atomic E-state index is 0.0385. The van der Waals surface area contributed by atoms with E-state index in [1.807, 2.05) is 50.4 Å². The quantitative estimate of drug-likeness (QED) is 0.700. The van der Waals surface area contributed by atoms with Gasteiger partial charge in [-0.05, 0) is 39.1 Å². The molecule has 1 fully saturated rings. The van der Waals surface area contributed by atoms with Gasteiger partial charge in [0.2, 0.25) is 0 Å². The van der Waals surface area contributed by atoms with Crippen LogP contribution in [0.5, 0.6) is 0 Å². The first-order valence-electron chi connectivity index (χ1n) is 9.29. The standard InChI is InChI=1S/C19H25N7O/c1-23(2)13-17-21-22-18(24(17)3)14-7-6-9-25(12-14)19(27)15-11-20-26-10-5-4-8-16(15)26/h4-5,8,10-11,14H,6-7,9,12-13H2,1-3H3. The fourth-order valence-corrected chi connectivity index (χ4v) is 3.79. The van der Waals surface area contributed by atoms with Crippen molar-refractivity contribution in [2.75, 3.05) is 27.2 Å². The molecule has 0 aliphatic carbocycles. The third kappa shape index (κ3) is 3.32. The first kappa shape index (κ1) is 17.7. The Morgan fingerprint density at radius 3 is 2.96 bits per heavy atom. The fourth-order valence-electron chi connectivity index (χ4n) is 3.79. The van der Waals surface area contributed by atoms with E-state index in [9.17, 15) is 4.79 Å². The van der Waals surface area contributed by atoms with Crippen molar-refractivity contribution in [3.63, 3.8) is 0 Å². The van der Waals surface area contributed by atoms with Gasteiger partial charge in [0.25, 0.3) is 5.91 Å². The van der Waals surface area contributed by atoms with E-state index in [1.165, 1.54) is 0 Å². The summed E-state index contributed by atoms with van der Waals surface area (Å²) in [7, 11) is 6.05. The first-order valence-corrected chi connectivity index (χ1v) is 9.29. The molecule has 142 valence electrons.